The van der Waals surface area contributed by atoms with E-state index in [1.807, 2.05) is 0 Å². The van der Waals surface area contributed by atoms with Crippen LogP contribution in [0.5, 0.6) is 0 Å². The highest BCUT2D eigenvalue weighted by Crippen LogP contribution is 2.34. The smallest absolute Gasteiger partial charge is 0.225 e. The van der Waals surface area contributed by atoms with Crippen molar-refractivity contribution < 1.29 is 4.74 Å². The first-order chi connectivity index (χ1) is 8.32. The van der Waals surface area contributed by atoms with Gasteiger partial charge in [0.15, 0.2) is 0 Å². The van der Waals surface area contributed by atoms with E-state index in [9.17, 15) is 0 Å². The summed E-state index contributed by atoms with van der Waals surface area (Å²) in [4.78, 5) is 0. The first-order valence-corrected chi connectivity index (χ1v) is 6.87. The van der Waals surface area contributed by atoms with Gasteiger partial charge in [0, 0.05) is 25.2 Å². The van der Waals surface area contributed by atoms with E-state index < -0.39 is 0 Å². The quantitative estimate of drug-likeness (QED) is 0.830. The summed E-state index contributed by atoms with van der Waals surface area (Å²) in [6.07, 6.45) is 2.12. The van der Waals surface area contributed by atoms with E-state index >= 15 is 0 Å². The van der Waals surface area contributed by atoms with Crippen LogP contribution in [-0.2, 0) is 16.7 Å². The lowest BCUT2D eigenvalue weighted by Crippen LogP contribution is -2.33. The molecule has 0 amide bonds. The average Bonchev–Trinajstić information content (AvgIpc) is 2.60. The monoisotopic (exact) mass is 271 g/mol. The first-order valence-electron chi connectivity index (χ1n) is 6.49. The minimum absolute atomic E-state index is 0.0400. The summed E-state index contributed by atoms with van der Waals surface area (Å²) in [7, 11) is 0. The highest BCUT2D eigenvalue weighted by molar-refractivity contribution is 6.28. The number of halogens is 1. The molecular weight excluding hydrogens is 250 g/mol. The molecule has 0 aromatic carbocycles. The van der Waals surface area contributed by atoms with E-state index in [1.165, 1.54) is 0 Å². The SMILES string of the molecule is CC1(Cn2c(Cl)nnc2C(C)(C)C)CCOCC1. The molecule has 0 aliphatic carbocycles. The standard InChI is InChI=1S/C13H22ClN3O/c1-12(2,3)10-15-16-11(14)17(10)9-13(4)5-7-18-8-6-13/h5-9H2,1-4H3. The van der Waals surface area contributed by atoms with Crippen molar-refractivity contribution in [2.45, 2.75) is 52.5 Å². The molecule has 18 heavy (non-hydrogen) atoms. The molecule has 0 atom stereocenters. The molecule has 0 bridgehead atoms. The lowest BCUT2D eigenvalue weighted by atomic mass is 9.82. The molecule has 1 aromatic heterocycles. The van der Waals surface area contributed by atoms with Crippen LogP contribution in [0.15, 0.2) is 0 Å². The van der Waals surface area contributed by atoms with Crippen LogP contribution in [0.1, 0.15) is 46.4 Å². The molecular formula is C13H22ClN3O. The van der Waals surface area contributed by atoms with E-state index in [1.54, 1.807) is 0 Å². The predicted molar refractivity (Wildman–Crippen MR) is 71.9 cm³/mol. The molecule has 0 saturated carbocycles. The number of aromatic nitrogens is 3. The van der Waals surface area contributed by atoms with Crippen LogP contribution in [0.2, 0.25) is 5.28 Å². The van der Waals surface area contributed by atoms with Crippen molar-refractivity contribution in [1.82, 2.24) is 14.8 Å². The minimum atomic E-state index is -0.0400. The van der Waals surface area contributed by atoms with Crippen LogP contribution < -0.4 is 0 Å². The normalized spacial score (nSPS) is 20.1. The van der Waals surface area contributed by atoms with Gasteiger partial charge in [-0.2, -0.15) is 0 Å². The van der Waals surface area contributed by atoms with Crippen molar-refractivity contribution in [1.29, 1.82) is 0 Å². The Hall–Kier alpha value is -0.610. The largest absolute Gasteiger partial charge is 0.381 e. The maximum absolute atomic E-state index is 6.19. The zero-order valence-electron chi connectivity index (χ0n) is 11.7. The van der Waals surface area contributed by atoms with Gasteiger partial charge in [-0.3, -0.25) is 0 Å². The molecule has 2 heterocycles. The number of nitrogens with zero attached hydrogens (tertiary/aromatic N) is 3. The number of rotatable bonds is 2. The summed E-state index contributed by atoms with van der Waals surface area (Å²) >= 11 is 6.19. The Bertz CT molecular complexity index is 416. The summed E-state index contributed by atoms with van der Waals surface area (Å²) in [5.74, 6) is 0.959. The molecule has 2 rings (SSSR count). The van der Waals surface area contributed by atoms with Crippen LogP contribution in [0.3, 0.4) is 0 Å². The average molecular weight is 272 g/mol. The van der Waals surface area contributed by atoms with Crippen molar-refractivity contribution in [2.24, 2.45) is 5.41 Å². The number of ether oxygens (including phenoxy) is 1. The van der Waals surface area contributed by atoms with Crippen LogP contribution in [0, 0.1) is 5.41 Å². The van der Waals surface area contributed by atoms with E-state index in [0.29, 0.717) is 5.28 Å². The van der Waals surface area contributed by atoms with Gasteiger partial charge >= 0.3 is 0 Å². The minimum Gasteiger partial charge on any atom is -0.381 e. The zero-order valence-corrected chi connectivity index (χ0v) is 12.4. The van der Waals surface area contributed by atoms with Crippen molar-refractivity contribution in [3.63, 3.8) is 0 Å². The van der Waals surface area contributed by atoms with Crippen LogP contribution in [0.4, 0.5) is 0 Å². The molecule has 1 aliphatic heterocycles. The molecule has 1 aliphatic rings. The molecule has 1 fully saturated rings. The molecule has 4 nitrogen and oxygen atoms in total. The molecule has 0 spiro atoms. The van der Waals surface area contributed by atoms with Gasteiger partial charge in [-0.05, 0) is 29.9 Å². The third-order valence-corrected chi connectivity index (χ3v) is 3.90. The number of hydrogen-bond acceptors (Lipinski definition) is 3. The zero-order chi connectivity index (χ0) is 13.4. The molecule has 0 N–H and O–H groups in total. The molecule has 0 radical (unpaired) electrons. The Morgan fingerprint density at radius 1 is 1.28 bits per heavy atom. The van der Waals surface area contributed by atoms with Crippen LogP contribution >= 0.6 is 11.6 Å². The molecule has 0 unspecified atom stereocenters. The second-order valence-electron chi connectivity index (χ2n) is 6.55. The van der Waals surface area contributed by atoms with Gasteiger partial charge in [0.2, 0.25) is 5.28 Å². The third kappa shape index (κ3) is 2.86. The summed E-state index contributed by atoms with van der Waals surface area (Å²) in [6.45, 7) is 11.2. The topological polar surface area (TPSA) is 39.9 Å². The fourth-order valence-corrected chi connectivity index (χ4v) is 2.56. The van der Waals surface area contributed by atoms with Gasteiger partial charge in [-0.15, -0.1) is 10.2 Å². The lowest BCUT2D eigenvalue weighted by Gasteiger charge is -2.35. The van der Waals surface area contributed by atoms with Crippen molar-refractivity contribution in [3.05, 3.63) is 11.1 Å². The van der Waals surface area contributed by atoms with Crippen LogP contribution in [0.25, 0.3) is 0 Å². The lowest BCUT2D eigenvalue weighted by molar-refractivity contribution is 0.0148. The Kier molecular flexibility index (Phi) is 3.70. The maximum Gasteiger partial charge on any atom is 0.225 e. The van der Waals surface area contributed by atoms with E-state index in [-0.39, 0.29) is 10.8 Å². The Morgan fingerprint density at radius 2 is 1.89 bits per heavy atom. The maximum atomic E-state index is 6.19. The number of hydrogen-bond donors (Lipinski definition) is 0. The van der Waals surface area contributed by atoms with Crippen molar-refractivity contribution in [3.8, 4) is 0 Å². The van der Waals surface area contributed by atoms with Gasteiger partial charge in [-0.1, -0.05) is 27.7 Å². The Balaban J connectivity index is 2.25. The summed E-state index contributed by atoms with van der Waals surface area (Å²) in [5, 5.41) is 8.75. The second-order valence-corrected chi connectivity index (χ2v) is 6.89. The first kappa shape index (κ1) is 13.8. The summed E-state index contributed by atoms with van der Waals surface area (Å²) in [6, 6.07) is 0. The van der Waals surface area contributed by atoms with E-state index in [0.717, 1.165) is 38.4 Å². The fourth-order valence-electron chi connectivity index (χ4n) is 2.38. The molecule has 1 saturated heterocycles. The van der Waals surface area contributed by atoms with Crippen molar-refractivity contribution in [2.75, 3.05) is 13.2 Å². The molecule has 5 heteroatoms. The van der Waals surface area contributed by atoms with E-state index in [4.69, 9.17) is 16.3 Å². The van der Waals surface area contributed by atoms with Gasteiger partial charge in [0.1, 0.15) is 5.82 Å². The highest BCUT2D eigenvalue weighted by atomic mass is 35.5. The Labute approximate surface area is 114 Å². The summed E-state index contributed by atoms with van der Waals surface area (Å²) < 4.78 is 7.50. The Morgan fingerprint density at radius 3 is 2.44 bits per heavy atom. The van der Waals surface area contributed by atoms with Gasteiger partial charge < -0.3 is 9.30 Å². The van der Waals surface area contributed by atoms with Gasteiger partial charge in [0.25, 0.3) is 0 Å². The second kappa shape index (κ2) is 4.82. The molecule has 102 valence electrons. The van der Waals surface area contributed by atoms with Gasteiger partial charge in [-0.25, -0.2) is 0 Å². The van der Waals surface area contributed by atoms with Crippen LogP contribution in [-0.4, -0.2) is 28.0 Å². The highest BCUT2D eigenvalue weighted by Gasteiger charge is 2.32. The van der Waals surface area contributed by atoms with E-state index in [2.05, 4.69) is 42.5 Å². The van der Waals surface area contributed by atoms with Crippen molar-refractivity contribution >= 4 is 11.6 Å². The summed E-state index contributed by atoms with van der Waals surface area (Å²) in [5.41, 5.74) is 0.186. The fraction of sp³-hybridized carbons (Fsp3) is 0.846. The predicted octanol–water partition coefficient (Wildman–Crippen LogP) is 3.05. The third-order valence-electron chi connectivity index (χ3n) is 3.62. The van der Waals surface area contributed by atoms with Gasteiger partial charge in [0.05, 0.1) is 0 Å². The molecule has 1 aromatic rings.